The molecule has 0 radical (unpaired) electrons. The number of hydrogen-bond acceptors (Lipinski definition) is 3. The van der Waals surface area contributed by atoms with Crippen LogP contribution in [-0.2, 0) is 9.53 Å². The summed E-state index contributed by atoms with van der Waals surface area (Å²) >= 11 is 0. The van der Waals surface area contributed by atoms with Crippen LogP contribution in [0, 0.1) is 5.92 Å². The van der Waals surface area contributed by atoms with Crippen LogP contribution < -0.4 is 5.32 Å². The maximum Gasteiger partial charge on any atom is 0.227 e. The second-order valence-electron chi connectivity index (χ2n) is 5.62. The number of carbonyl (C=O) groups is 1. The number of amides is 1. The second-order valence-corrected chi connectivity index (χ2v) is 5.62. The molecule has 2 heterocycles. The summed E-state index contributed by atoms with van der Waals surface area (Å²) < 4.78 is 5.73. The number of nitrogens with zero attached hydrogens (tertiary/aromatic N) is 1. The number of piperidine rings is 1. The van der Waals surface area contributed by atoms with E-state index in [4.69, 9.17) is 4.74 Å². The van der Waals surface area contributed by atoms with Crippen molar-refractivity contribution in [2.24, 2.45) is 5.92 Å². The molecule has 104 valence electrons. The first-order chi connectivity index (χ1) is 8.70. The van der Waals surface area contributed by atoms with Crippen LogP contribution in [0.3, 0.4) is 0 Å². The molecule has 0 aliphatic carbocycles. The van der Waals surface area contributed by atoms with E-state index in [-0.39, 0.29) is 12.0 Å². The fraction of sp³-hybridized carbons (Fsp3) is 0.929. The molecule has 0 aromatic heterocycles. The third-order valence-electron chi connectivity index (χ3n) is 4.13. The molecule has 3 atom stereocenters. The standard InChI is InChI=1S/C14H26N2O2/c1-3-13-10-16(7-4-8-18-13)14(17)12-6-5-11(2)15-9-12/h11-13,15H,3-10H2,1-2H3. The monoisotopic (exact) mass is 254 g/mol. The van der Waals surface area contributed by atoms with Crippen molar-refractivity contribution in [3.8, 4) is 0 Å². The van der Waals surface area contributed by atoms with Crippen LogP contribution in [0.15, 0.2) is 0 Å². The summed E-state index contributed by atoms with van der Waals surface area (Å²) in [6.07, 6.45) is 4.33. The van der Waals surface area contributed by atoms with Gasteiger partial charge in [-0.2, -0.15) is 0 Å². The van der Waals surface area contributed by atoms with Gasteiger partial charge in [0.2, 0.25) is 5.91 Å². The first-order valence-electron chi connectivity index (χ1n) is 7.34. The lowest BCUT2D eigenvalue weighted by Crippen LogP contribution is -2.47. The van der Waals surface area contributed by atoms with E-state index in [0.29, 0.717) is 11.9 Å². The zero-order valence-electron chi connectivity index (χ0n) is 11.7. The molecule has 0 aromatic rings. The highest BCUT2D eigenvalue weighted by Gasteiger charge is 2.29. The molecule has 4 heteroatoms. The molecule has 1 N–H and O–H groups in total. The predicted octanol–water partition coefficient (Wildman–Crippen LogP) is 1.40. The maximum atomic E-state index is 12.5. The van der Waals surface area contributed by atoms with Crippen LogP contribution in [0.25, 0.3) is 0 Å². The third-order valence-corrected chi connectivity index (χ3v) is 4.13. The smallest absolute Gasteiger partial charge is 0.227 e. The van der Waals surface area contributed by atoms with Crippen LogP contribution in [0.2, 0.25) is 0 Å². The Hall–Kier alpha value is -0.610. The van der Waals surface area contributed by atoms with Crippen molar-refractivity contribution in [3.05, 3.63) is 0 Å². The summed E-state index contributed by atoms with van der Waals surface area (Å²) in [5, 5.41) is 3.41. The van der Waals surface area contributed by atoms with Crippen molar-refractivity contribution in [2.45, 2.75) is 51.7 Å². The average Bonchev–Trinajstić information content (AvgIpc) is 2.64. The van der Waals surface area contributed by atoms with E-state index in [2.05, 4.69) is 19.2 Å². The molecule has 0 spiro atoms. The Labute approximate surface area is 110 Å². The van der Waals surface area contributed by atoms with Crippen LogP contribution in [0.1, 0.15) is 39.5 Å². The number of hydrogen-bond donors (Lipinski definition) is 1. The number of rotatable bonds is 2. The van der Waals surface area contributed by atoms with Gasteiger partial charge in [0, 0.05) is 32.3 Å². The zero-order chi connectivity index (χ0) is 13.0. The van der Waals surface area contributed by atoms with E-state index in [1.165, 1.54) is 0 Å². The number of carbonyl (C=O) groups excluding carboxylic acids is 1. The van der Waals surface area contributed by atoms with Gasteiger partial charge < -0.3 is 15.0 Å². The summed E-state index contributed by atoms with van der Waals surface area (Å²) in [6.45, 7) is 7.59. The van der Waals surface area contributed by atoms with Gasteiger partial charge in [-0.1, -0.05) is 6.92 Å². The molecule has 0 bridgehead atoms. The summed E-state index contributed by atoms with van der Waals surface area (Å²) in [5.41, 5.74) is 0. The Morgan fingerprint density at radius 3 is 2.94 bits per heavy atom. The minimum absolute atomic E-state index is 0.178. The minimum atomic E-state index is 0.178. The lowest BCUT2D eigenvalue weighted by atomic mass is 9.94. The maximum absolute atomic E-state index is 12.5. The van der Waals surface area contributed by atoms with Crippen molar-refractivity contribution in [1.29, 1.82) is 0 Å². The van der Waals surface area contributed by atoms with Crippen molar-refractivity contribution >= 4 is 5.91 Å². The lowest BCUT2D eigenvalue weighted by Gasteiger charge is -2.32. The van der Waals surface area contributed by atoms with Crippen LogP contribution >= 0.6 is 0 Å². The highest BCUT2D eigenvalue weighted by atomic mass is 16.5. The predicted molar refractivity (Wildman–Crippen MR) is 71.4 cm³/mol. The highest BCUT2D eigenvalue weighted by Crippen LogP contribution is 2.19. The Bertz CT molecular complexity index is 275. The van der Waals surface area contributed by atoms with Gasteiger partial charge in [0.05, 0.1) is 12.0 Å². The molecule has 18 heavy (non-hydrogen) atoms. The minimum Gasteiger partial charge on any atom is -0.376 e. The first kappa shape index (κ1) is 13.8. The van der Waals surface area contributed by atoms with Gasteiger partial charge >= 0.3 is 0 Å². The Morgan fingerprint density at radius 1 is 1.44 bits per heavy atom. The van der Waals surface area contributed by atoms with E-state index >= 15 is 0 Å². The second kappa shape index (κ2) is 6.53. The van der Waals surface area contributed by atoms with Gasteiger partial charge in [-0.25, -0.2) is 0 Å². The zero-order valence-corrected chi connectivity index (χ0v) is 11.7. The lowest BCUT2D eigenvalue weighted by molar-refractivity contribution is -0.137. The van der Waals surface area contributed by atoms with E-state index in [9.17, 15) is 4.79 Å². The molecule has 0 saturated carbocycles. The topological polar surface area (TPSA) is 41.6 Å². The van der Waals surface area contributed by atoms with E-state index in [0.717, 1.165) is 51.9 Å². The van der Waals surface area contributed by atoms with Gasteiger partial charge in [0.15, 0.2) is 0 Å². The summed E-state index contributed by atoms with van der Waals surface area (Å²) in [7, 11) is 0. The van der Waals surface area contributed by atoms with Crippen LogP contribution in [-0.4, -0.2) is 49.2 Å². The molecule has 1 amide bonds. The largest absolute Gasteiger partial charge is 0.376 e. The highest BCUT2D eigenvalue weighted by molar-refractivity contribution is 5.79. The fourth-order valence-electron chi connectivity index (χ4n) is 2.81. The third kappa shape index (κ3) is 3.45. The van der Waals surface area contributed by atoms with Gasteiger partial charge in [0.1, 0.15) is 0 Å². The van der Waals surface area contributed by atoms with Gasteiger partial charge in [-0.15, -0.1) is 0 Å². The van der Waals surface area contributed by atoms with Gasteiger partial charge in [-0.05, 0) is 32.6 Å². The molecule has 4 nitrogen and oxygen atoms in total. The number of nitrogens with one attached hydrogen (secondary N) is 1. The van der Waals surface area contributed by atoms with Crippen LogP contribution in [0.4, 0.5) is 0 Å². The molecule has 2 rings (SSSR count). The van der Waals surface area contributed by atoms with E-state index < -0.39 is 0 Å². The normalized spacial score (nSPS) is 34.1. The summed E-state index contributed by atoms with van der Waals surface area (Å²) in [6, 6.07) is 0.560. The fourth-order valence-corrected chi connectivity index (χ4v) is 2.81. The Kier molecular flexibility index (Phi) is 5.01. The average molecular weight is 254 g/mol. The van der Waals surface area contributed by atoms with Crippen molar-refractivity contribution in [2.75, 3.05) is 26.2 Å². The summed E-state index contributed by atoms with van der Waals surface area (Å²) in [4.78, 5) is 14.5. The Morgan fingerprint density at radius 2 is 2.28 bits per heavy atom. The molecule has 2 fully saturated rings. The molecular weight excluding hydrogens is 228 g/mol. The van der Waals surface area contributed by atoms with Crippen molar-refractivity contribution in [3.63, 3.8) is 0 Å². The van der Waals surface area contributed by atoms with E-state index in [1.807, 2.05) is 4.90 Å². The molecule has 2 aliphatic heterocycles. The van der Waals surface area contributed by atoms with Crippen molar-refractivity contribution in [1.82, 2.24) is 10.2 Å². The van der Waals surface area contributed by atoms with Gasteiger partial charge in [0.25, 0.3) is 0 Å². The van der Waals surface area contributed by atoms with Crippen molar-refractivity contribution < 1.29 is 9.53 Å². The molecular formula is C14H26N2O2. The molecule has 2 aliphatic rings. The quantitative estimate of drug-likeness (QED) is 0.810. The molecule has 0 aromatic carbocycles. The summed E-state index contributed by atoms with van der Waals surface area (Å²) in [5.74, 6) is 0.509. The molecule has 3 unspecified atom stereocenters. The van der Waals surface area contributed by atoms with Crippen LogP contribution in [0.5, 0.6) is 0 Å². The SMILES string of the molecule is CCC1CN(C(=O)C2CCC(C)NC2)CCCO1. The van der Waals surface area contributed by atoms with E-state index in [1.54, 1.807) is 0 Å². The number of ether oxygens (including phenoxy) is 1. The molecule has 2 saturated heterocycles. The Balaban J connectivity index is 1.90. The first-order valence-corrected chi connectivity index (χ1v) is 7.34. The van der Waals surface area contributed by atoms with Gasteiger partial charge in [-0.3, -0.25) is 4.79 Å².